The molecule has 0 saturated carbocycles. The minimum Gasteiger partial charge on any atom is -0.311 e. The second-order valence-electron chi connectivity index (χ2n) is 6.21. The summed E-state index contributed by atoms with van der Waals surface area (Å²) in [5.74, 6) is 0.715. The van der Waals surface area contributed by atoms with E-state index in [4.69, 9.17) is 0 Å². The number of aryl methyl sites for hydroxylation is 2. The number of rotatable bonds is 4. The summed E-state index contributed by atoms with van der Waals surface area (Å²) in [6.45, 7) is 14.9. The molecule has 1 aromatic heterocycles. The maximum atomic E-state index is 3.69. The van der Waals surface area contributed by atoms with Crippen LogP contribution in [0.4, 0.5) is 0 Å². The van der Waals surface area contributed by atoms with E-state index in [2.05, 4.69) is 50.9 Å². The van der Waals surface area contributed by atoms with Gasteiger partial charge in [0.15, 0.2) is 0 Å². The number of nitrogens with zero attached hydrogens (tertiary/aromatic N) is 1. The monoisotopic (exact) mass is 280 g/mol. The van der Waals surface area contributed by atoms with Gasteiger partial charge in [-0.1, -0.05) is 20.8 Å². The summed E-state index contributed by atoms with van der Waals surface area (Å²) in [4.78, 5) is 5.69. The van der Waals surface area contributed by atoms with E-state index >= 15 is 0 Å². The number of piperazine rings is 1. The second-order valence-corrected chi connectivity index (χ2v) is 7.55. The summed E-state index contributed by atoms with van der Waals surface area (Å²) in [7, 11) is 0. The molecule has 0 aliphatic carbocycles. The fourth-order valence-corrected chi connectivity index (χ4v) is 4.02. The molecule has 108 valence electrons. The summed E-state index contributed by atoms with van der Waals surface area (Å²) in [5.41, 5.74) is 1.45. The van der Waals surface area contributed by atoms with Crippen LogP contribution in [0.2, 0.25) is 0 Å². The Labute approximate surface area is 122 Å². The highest BCUT2D eigenvalue weighted by molar-refractivity contribution is 7.12. The van der Waals surface area contributed by atoms with Crippen LogP contribution in [-0.2, 0) is 6.54 Å². The Bertz CT molecular complexity index is 391. The molecule has 0 bridgehead atoms. The van der Waals surface area contributed by atoms with E-state index in [1.54, 1.807) is 0 Å². The van der Waals surface area contributed by atoms with Gasteiger partial charge in [0.1, 0.15) is 0 Å². The van der Waals surface area contributed by atoms with Gasteiger partial charge in [-0.2, -0.15) is 0 Å². The molecule has 2 unspecified atom stereocenters. The highest BCUT2D eigenvalue weighted by atomic mass is 32.1. The van der Waals surface area contributed by atoms with Crippen LogP contribution in [-0.4, -0.2) is 30.1 Å². The van der Waals surface area contributed by atoms with Crippen LogP contribution in [0.3, 0.4) is 0 Å². The van der Waals surface area contributed by atoms with Crippen molar-refractivity contribution in [3.05, 3.63) is 21.4 Å². The van der Waals surface area contributed by atoms with Crippen molar-refractivity contribution in [2.45, 2.75) is 59.7 Å². The van der Waals surface area contributed by atoms with Crippen molar-refractivity contribution in [3.8, 4) is 0 Å². The predicted octanol–water partition coefficient (Wildman–Crippen LogP) is 3.57. The zero-order valence-electron chi connectivity index (χ0n) is 13.0. The van der Waals surface area contributed by atoms with Gasteiger partial charge in [0, 0.05) is 41.5 Å². The van der Waals surface area contributed by atoms with Crippen LogP contribution in [0, 0.1) is 19.8 Å². The minimum absolute atomic E-state index is 0.664. The van der Waals surface area contributed by atoms with E-state index in [-0.39, 0.29) is 0 Å². The van der Waals surface area contributed by atoms with Crippen LogP contribution < -0.4 is 5.32 Å². The first-order valence-electron chi connectivity index (χ1n) is 7.54. The largest absolute Gasteiger partial charge is 0.311 e. The Morgan fingerprint density at radius 2 is 2.16 bits per heavy atom. The summed E-state index contributed by atoms with van der Waals surface area (Å²) >= 11 is 1.97. The molecule has 2 rings (SSSR count). The van der Waals surface area contributed by atoms with E-state index in [0.717, 1.165) is 13.1 Å². The molecule has 3 heteroatoms. The summed E-state index contributed by atoms with van der Waals surface area (Å²) in [6.07, 6.45) is 1.23. The third-order valence-electron chi connectivity index (χ3n) is 4.38. The normalized spacial score (nSPS) is 25.2. The maximum absolute atomic E-state index is 3.69. The van der Waals surface area contributed by atoms with Gasteiger partial charge in [-0.05, 0) is 37.8 Å². The summed E-state index contributed by atoms with van der Waals surface area (Å²) < 4.78 is 0. The molecule has 1 N–H and O–H groups in total. The number of thiophene rings is 1. The third-order valence-corrected chi connectivity index (χ3v) is 5.52. The van der Waals surface area contributed by atoms with E-state index < -0.39 is 0 Å². The molecule has 0 aromatic carbocycles. The first-order valence-corrected chi connectivity index (χ1v) is 8.36. The molecule has 19 heavy (non-hydrogen) atoms. The third kappa shape index (κ3) is 3.59. The van der Waals surface area contributed by atoms with Gasteiger partial charge in [0.2, 0.25) is 0 Å². The van der Waals surface area contributed by atoms with Crippen molar-refractivity contribution in [2.24, 2.45) is 5.92 Å². The fraction of sp³-hybridized carbons (Fsp3) is 0.750. The van der Waals surface area contributed by atoms with Crippen molar-refractivity contribution in [1.29, 1.82) is 0 Å². The number of nitrogens with one attached hydrogen (secondary N) is 1. The van der Waals surface area contributed by atoms with Gasteiger partial charge >= 0.3 is 0 Å². The SMILES string of the molecule is CCC1CN(Cc2cc(C)c(C)s2)C(C(C)C)CN1. The van der Waals surface area contributed by atoms with Gasteiger partial charge in [0.25, 0.3) is 0 Å². The zero-order chi connectivity index (χ0) is 14.0. The van der Waals surface area contributed by atoms with E-state index in [9.17, 15) is 0 Å². The first kappa shape index (κ1) is 15.0. The van der Waals surface area contributed by atoms with Gasteiger partial charge in [-0.25, -0.2) is 0 Å². The summed E-state index contributed by atoms with van der Waals surface area (Å²) in [5, 5.41) is 3.69. The Balaban J connectivity index is 2.08. The Kier molecular flexibility index (Phi) is 5.04. The molecular weight excluding hydrogens is 252 g/mol. The standard InChI is InChI=1S/C16H28N2S/c1-6-14-9-18(16(8-17-14)11(2)3)10-15-7-12(4)13(5)19-15/h7,11,14,16-17H,6,8-10H2,1-5H3. The highest BCUT2D eigenvalue weighted by Crippen LogP contribution is 2.25. The fourth-order valence-electron chi connectivity index (χ4n) is 2.94. The number of hydrogen-bond donors (Lipinski definition) is 1. The zero-order valence-corrected chi connectivity index (χ0v) is 13.8. The lowest BCUT2D eigenvalue weighted by Crippen LogP contribution is -2.57. The molecule has 2 heterocycles. The van der Waals surface area contributed by atoms with Crippen LogP contribution in [0.15, 0.2) is 6.07 Å². The second kappa shape index (κ2) is 6.38. The molecule has 1 aliphatic heterocycles. The van der Waals surface area contributed by atoms with Crippen molar-refractivity contribution in [3.63, 3.8) is 0 Å². The molecule has 2 nitrogen and oxygen atoms in total. The molecule has 0 spiro atoms. The predicted molar refractivity (Wildman–Crippen MR) is 84.9 cm³/mol. The Morgan fingerprint density at radius 1 is 1.42 bits per heavy atom. The van der Waals surface area contributed by atoms with Crippen LogP contribution in [0.25, 0.3) is 0 Å². The quantitative estimate of drug-likeness (QED) is 0.907. The van der Waals surface area contributed by atoms with E-state index in [0.29, 0.717) is 18.0 Å². The molecule has 1 aromatic rings. The highest BCUT2D eigenvalue weighted by Gasteiger charge is 2.29. The van der Waals surface area contributed by atoms with Crippen molar-refractivity contribution in [1.82, 2.24) is 10.2 Å². The molecule has 1 fully saturated rings. The van der Waals surface area contributed by atoms with E-state index in [1.807, 2.05) is 11.3 Å². The van der Waals surface area contributed by atoms with Crippen molar-refractivity contribution >= 4 is 11.3 Å². The van der Waals surface area contributed by atoms with Crippen LogP contribution in [0.1, 0.15) is 42.5 Å². The molecule has 0 radical (unpaired) electrons. The van der Waals surface area contributed by atoms with Gasteiger partial charge < -0.3 is 5.32 Å². The summed E-state index contributed by atoms with van der Waals surface area (Å²) in [6, 6.07) is 3.71. The van der Waals surface area contributed by atoms with E-state index in [1.165, 1.54) is 28.3 Å². The number of hydrogen-bond acceptors (Lipinski definition) is 3. The lowest BCUT2D eigenvalue weighted by molar-refractivity contribution is 0.0910. The minimum atomic E-state index is 0.664. The van der Waals surface area contributed by atoms with Gasteiger partial charge in [-0.15, -0.1) is 11.3 Å². The molecule has 2 atom stereocenters. The lowest BCUT2D eigenvalue weighted by Gasteiger charge is -2.42. The van der Waals surface area contributed by atoms with Crippen LogP contribution in [0.5, 0.6) is 0 Å². The Hall–Kier alpha value is -0.380. The molecule has 1 saturated heterocycles. The average molecular weight is 280 g/mol. The van der Waals surface area contributed by atoms with Gasteiger partial charge in [0.05, 0.1) is 0 Å². The molecule has 1 aliphatic rings. The maximum Gasteiger partial charge on any atom is 0.0332 e. The lowest BCUT2D eigenvalue weighted by atomic mass is 9.97. The van der Waals surface area contributed by atoms with Crippen molar-refractivity contribution in [2.75, 3.05) is 13.1 Å². The smallest absolute Gasteiger partial charge is 0.0332 e. The Morgan fingerprint density at radius 3 is 2.68 bits per heavy atom. The average Bonchev–Trinajstić information content (AvgIpc) is 2.67. The van der Waals surface area contributed by atoms with Crippen LogP contribution >= 0.6 is 11.3 Å². The van der Waals surface area contributed by atoms with Gasteiger partial charge in [-0.3, -0.25) is 4.90 Å². The first-order chi connectivity index (χ1) is 9.01. The van der Waals surface area contributed by atoms with Crippen molar-refractivity contribution < 1.29 is 0 Å². The molecular formula is C16H28N2S. The molecule has 0 amide bonds. The topological polar surface area (TPSA) is 15.3 Å².